The van der Waals surface area contributed by atoms with Crippen molar-refractivity contribution in [3.63, 3.8) is 0 Å². The molecular formula is C36H41N3O6. The molecule has 0 aliphatic rings. The van der Waals surface area contributed by atoms with E-state index in [9.17, 15) is 9.59 Å². The lowest BCUT2D eigenvalue weighted by atomic mass is 9.96. The molecule has 4 rings (SSSR count). The molecule has 1 heterocycles. The minimum absolute atomic E-state index is 0.177. The Hall–Kier alpha value is -4.92. The first-order chi connectivity index (χ1) is 21.6. The average Bonchev–Trinajstić information content (AvgIpc) is 3.02. The molecule has 0 amide bonds. The molecule has 0 N–H and O–H groups in total. The monoisotopic (exact) mass is 611 g/mol. The number of aryl methyl sites for hydroxylation is 1. The summed E-state index contributed by atoms with van der Waals surface area (Å²) in [5.41, 5.74) is 4.35. The highest BCUT2D eigenvalue weighted by atomic mass is 16.6. The van der Waals surface area contributed by atoms with Crippen molar-refractivity contribution in [1.82, 2.24) is 9.66 Å². The number of hydrogen-bond acceptors (Lipinski definition) is 8. The summed E-state index contributed by atoms with van der Waals surface area (Å²) in [6, 6.07) is 14.8. The maximum Gasteiger partial charge on any atom is 0.347 e. The first-order valence-electron chi connectivity index (χ1n) is 15.1. The van der Waals surface area contributed by atoms with Crippen LogP contribution >= 0.6 is 0 Å². The Labute approximate surface area is 264 Å². The van der Waals surface area contributed by atoms with E-state index in [0.29, 0.717) is 46.8 Å². The van der Waals surface area contributed by atoms with Crippen LogP contribution in [0.3, 0.4) is 0 Å². The van der Waals surface area contributed by atoms with Gasteiger partial charge in [0.15, 0.2) is 23.4 Å². The number of para-hydroxylation sites is 1. The third kappa shape index (κ3) is 7.25. The van der Waals surface area contributed by atoms with Gasteiger partial charge in [-0.25, -0.2) is 9.78 Å². The molecule has 4 aromatic rings. The van der Waals surface area contributed by atoms with E-state index in [1.807, 2.05) is 44.2 Å². The van der Waals surface area contributed by atoms with Crippen LogP contribution in [0.1, 0.15) is 62.8 Å². The van der Waals surface area contributed by atoms with E-state index in [1.54, 1.807) is 51.4 Å². The molecule has 45 heavy (non-hydrogen) atoms. The third-order valence-electron chi connectivity index (χ3n) is 7.25. The van der Waals surface area contributed by atoms with E-state index in [-0.39, 0.29) is 18.1 Å². The number of nitrogens with zero attached hydrogens (tertiary/aromatic N) is 3. The van der Waals surface area contributed by atoms with Gasteiger partial charge in [0.25, 0.3) is 5.56 Å². The molecule has 236 valence electrons. The van der Waals surface area contributed by atoms with E-state index in [0.717, 1.165) is 28.0 Å². The van der Waals surface area contributed by atoms with Crippen LogP contribution < -0.4 is 19.8 Å². The molecule has 1 aromatic heterocycles. The lowest BCUT2D eigenvalue weighted by molar-refractivity contribution is -0.150. The van der Waals surface area contributed by atoms with Crippen LogP contribution in [0.4, 0.5) is 0 Å². The van der Waals surface area contributed by atoms with Crippen LogP contribution in [-0.4, -0.2) is 48.3 Å². The number of carbonyl (C=O) groups is 1. The van der Waals surface area contributed by atoms with Crippen molar-refractivity contribution in [3.05, 3.63) is 93.8 Å². The molecule has 0 radical (unpaired) electrons. The Bertz CT molecular complexity index is 1790. The topological polar surface area (TPSA) is 101 Å². The van der Waals surface area contributed by atoms with Crippen molar-refractivity contribution in [2.24, 2.45) is 5.10 Å². The fourth-order valence-corrected chi connectivity index (χ4v) is 5.04. The van der Waals surface area contributed by atoms with Crippen molar-refractivity contribution < 1.29 is 23.7 Å². The molecule has 1 atom stereocenters. The van der Waals surface area contributed by atoms with Gasteiger partial charge < -0.3 is 18.9 Å². The molecule has 0 aliphatic carbocycles. The first kappa shape index (κ1) is 33.0. The molecule has 0 aliphatic heterocycles. The second-order valence-corrected chi connectivity index (χ2v) is 10.8. The molecule has 3 aromatic carbocycles. The van der Waals surface area contributed by atoms with Gasteiger partial charge in [0, 0.05) is 11.1 Å². The summed E-state index contributed by atoms with van der Waals surface area (Å²) in [6.45, 7) is 15.9. The zero-order chi connectivity index (χ0) is 32.7. The van der Waals surface area contributed by atoms with Gasteiger partial charge in [-0.3, -0.25) is 4.79 Å². The van der Waals surface area contributed by atoms with Crippen molar-refractivity contribution in [1.29, 1.82) is 0 Å². The number of carbonyl (C=O) groups excluding carboxylic acids is 1. The standard InChI is InChI=1S/C36H41N3O6/c1-9-14-26-18-25(19-32(43-10-2)33(26)45-24(7)36(41)44-11-3)21-37-39-34(38-30-16-13-12-15-27(30)35(39)40)29-20-28(22(4)5)31(42-8)17-23(29)6/h9,12-13,15-22,24H,1,10-11,14H2,2-8H3/t24-/m0/s1. The maximum atomic E-state index is 13.9. The van der Waals surface area contributed by atoms with Crippen molar-refractivity contribution in [2.45, 2.75) is 60.0 Å². The minimum Gasteiger partial charge on any atom is -0.496 e. The van der Waals surface area contributed by atoms with Gasteiger partial charge in [0.05, 0.1) is 37.4 Å². The summed E-state index contributed by atoms with van der Waals surface area (Å²) in [7, 11) is 1.65. The highest BCUT2D eigenvalue weighted by molar-refractivity contribution is 5.84. The van der Waals surface area contributed by atoms with Crippen LogP contribution in [0.5, 0.6) is 17.2 Å². The van der Waals surface area contributed by atoms with Gasteiger partial charge in [-0.2, -0.15) is 9.78 Å². The summed E-state index contributed by atoms with van der Waals surface area (Å²) < 4.78 is 24.1. The van der Waals surface area contributed by atoms with E-state index < -0.39 is 12.1 Å². The van der Waals surface area contributed by atoms with Crippen LogP contribution in [0, 0.1) is 6.92 Å². The Morgan fingerprint density at radius 2 is 1.82 bits per heavy atom. The predicted octanol–water partition coefficient (Wildman–Crippen LogP) is 6.84. The Kier molecular flexibility index (Phi) is 10.8. The molecule has 0 fully saturated rings. The van der Waals surface area contributed by atoms with Crippen molar-refractivity contribution in [3.8, 4) is 28.6 Å². The highest BCUT2D eigenvalue weighted by Gasteiger charge is 2.22. The molecule has 0 bridgehead atoms. The summed E-state index contributed by atoms with van der Waals surface area (Å²) in [4.78, 5) is 31.2. The zero-order valence-corrected chi connectivity index (χ0v) is 27.0. The van der Waals surface area contributed by atoms with E-state index in [4.69, 9.17) is 29.0 Å². The van der Waals surface area contributed by atoms with Crippen LogP contribution in [0.25, 0.3) is 22.3 Å². The average molecular weight is 612 g/mol. The molecule has 9 nitrogen and oxygen atoms in total. The lowest BCUT2D eigenvalue weighted by Gasteiger charge is -2.20. The largest absolute Gasteiger partial charge is 0.496 e. The van der Waals surface area contributed by atoms with Gasteiger partial charge in [0.2, 0.25) is 0 Å². The SMILES string of the molecule is C=CCc1cc(C=Nn2c(-c3cc(C(C)C)c(OC)cc3C)nc3ccccc3c2=O)cc(OCC)c1O[C@@H](C)C(=O)OCC. The Balaban J connectivity index is 1.90. The number of rotatable bonds is 13. The molecular weight excluding hydrogens is 570 g/mol. The maximum absolute atomic E-state index is 13.9. The van der Waals surface area contributed by atoms with E-state index in [1.165, 1.54) is 4.68 Å². The third-order valence-corrected chi connectivity index (χ3v) is 7.25. The zero-order valence-electron chi connectivity index (χ0n) is 27.0. The highest BCUT2D eigenvalue weighted by Crippen LogP contribution is 2.36. The first-order valence-corrected chi connectivity index (χ1v) is 15.1. The van der Waals surface area contributed by atoms with Gasteiger partial charge in [-0.15, -0.1) is 6.58 Å². The number of benzene rings is 3. The van der Waals surface area contributed by atoms with Crippen molar-refractivity contribution in [2.75, 3.05) is 20.3 Å². The summed E-state index contributed by atoms with van der Waals surface area (Å²) in [5.74, 6) is 1.76. The number of methoxy groups -OCH3 is 1. The predicted molar refractivity (Wildman–Crippen MR) is 178 cm³/mol. The molecule has 0 unspecified atom stereocenters. The normalized spacial score (nSPS) is 12.0. The van der Waals surface area contributed by atoms with Gasteiger partial charge in [-0.1, -0.05) is 32.1 Å². The number of fused-ring (bicyclic) bond motifs is 1. The molecule has 0 saturated heterocycles. The number of esters is 1. The number of aromatic nitrogens is 2. The Morgan fingerprint density at radius 3 is 2.49 bits per heavy atom. The Morgan fingerprint density at radius 1 is 1.07 bits per heavy atom. The quantitative estimate of drug-likeness (QED) is 0.0926. The van der Waals surface area contributed by atoms with Crippen LogP contribution in [-0.2, 0) is 16.0 Å². The molecule has 0 saturated carbocycles. The van der Waals surface area contributed by atoms with Gasteiger partial charge in [-0.05, 0) is 93.1 Å². The van der Waals surface area contributed by atoms with Crippen molar-refractivity contribution >= 4 is 23.1 Å². The molecule has 9 heteroatoms. The second-order valence-electron chi connectivity index (χ2n) is 10.8. The minimum atomic E-state index is -0.847. The lowest BCUT2D eigenvalue weighted by Crippen LogP contribution is -2.26. The van der Waals surface area contributed by atoms with Crippen LogP contribution in [0.2, 0.25) is 0 Å². The van der Waals surface area contributed by atoms with E-state index >= 15 is 0 Å². The number of allylic oxidation sites excluding steroid dienone is 1. The summed E-state index contributed by atoms with van der Waals surface area (Å²) >= 11 is 0. The number of hydrogen-bond donors (Lipinski definition) is 0. The fourth-order valence-electron chi connectivity index (χ4n) is 5.04. The summed E-state index contributed by atoms with van der Waals surface area (Å²) in [5, 5.41) is 5.15. The van der Waals surface area contributed by atoms with Gasteiger partial charge >= 0.3 is 5.97 Å². The van der Waals surface area contributed by atoms with Crippen LogP contribution in [0.15, 0.2) is 71.1 Å². The molecule has 0 spiro atoms. The summed E-state index contributed by atoms with van der Waals surface area (Å²) in [6.07, 6.45) is 2.93. The second kappa shape index (κ2) is 14.7. The van der Waals surface area contributed by atoms with E-state index in [2.05, 4.69) is 20.4 Å². The smallest absolute Gasteiger partial charge is 0.347 e. The fraction of sp³-hybridized carbons (Fsp3) is 0.333. The van der Waals surface area contributed by atoms with Gasteiger partial charge in [0.1, 0.15) is 5.75 Å². The number of ether oxygens (including phenoxy) is 4.